The van der Waals surface area contributed by atoms with E-state index in [-0.39, 0.29) is 24.3 Å². The van der Waals surface area contributed by atoms with E-state index in [0.717, 1.165) is 24.3 Å². The summed E-state index contributed by atoms with van der Waals surface area (Å²) in [5, 5.41) is 2.28. The molecule has 0 saturated carbocycles. The average molecular weight is 326 g/mol. The number of sulfonamides is 1. The van der Waals surface area contributed by atoms with Crippen molar-refractivity contribution in [1.82, 2.24) is 10.0 Å². The van der Waals surface area contributed by atoms with Crippen LogP contribution in [0.5, 0.6) is 0 Å². The number of hydrogen-bond donors (Lipinski definition) is 2. The van der Waals surface area contributed by atoms with Gasteiger partial charge in [-0.15, -0.1) is 0 Å². The van der Waals surface area contributed by atoms with Gasteiger partial charge >= 0.3 is 6.18 Å². The van der Waals surface area contributed by atoms with Gasteiger partial charge in [0.15, 0.2) is 0 Å². The molecular formula is C12H14F4N2O2S. The van der Waals surface area contributed by atoms with Crippen LogP contribution in [0.1, 0.15) is 12.8 Å². The van der Waals surface area contributed by atoms with Gasteiger partial charge in [-0.25, -0.2) is 17.5 Å². The first-order valence-electron chi connectivity index (χ1n) is 6.26. The van der Waals surface area contributed by atoms with Crippen LogP contribution in [0, 0.1) is 5.82 Å². The predicted molar refractivity (Wildman–Crippen MR) is 67.6 cm³/mol. The zero-order chi connectivity index (χ0) is 15.7. The number of benzene rings is 1. The van der Waals surface area contributed by atoms with Gasteiger partial charge in [0.05, 0.1) is 4.90 Å². The van der Waals surface area contributed by atoms with Gasteiger partial charge < -0.3 is 5.32 Å². The molecule has 0 aromatic heterocycles. The lowest BCUT2D eigenvalue weighted by Crippen LogP contribution is -2.54. The van der Waals surface area contributed by atoms with Crippen molar-refractivity contribution < 1.29 is 26.0 Å². The third-order valence-electron chi connectivity index (χ3n) is 3.26. The van der Waals surface area contributed by atoms with Crippen molar-refractivity contribution in [3.8, 4) is 0 Å². The van der Waals surface area contributed by atoms with Crippen molar-refractivity contribution in [3.63, 3.8) is 0 Å². The molecule has 0 bridgehead atoms. The van der Waals surface area contributed by atoms with Gasteiger partial charge in [0.2, 0.25) is 10.0 Å². The zero-order valence-electron chi connectivity index (χ0n) is 10.8. The highest BCUT2D eigenvalue weighted by Crippen LogP contribution is 2.26. The van der Waals surface area contributed by atoms with E-state index < -0.39 is 34.1 Å². The molecule has 0 spiro atoms. The minimum Gasteiger partial charge on any atom is -0.305 e. The van der Waals surface area contributed by atoms with Crippen molar-refractivity contribution in [2.45, 2.75) is 36.0 Å². The van der Waals surface area contributed by atoms with Crippen LogP contribution in [0.2, 0.25) is 0 Å². The average Bonchev–Trinajstić information content (AvgIpc) is 2.38. The summed E-state index contributed by atoms with van der Waals surface area (Å²) in [5.74, 6) is -0.568. The summed E-state index contributed by atoms with van der Waals surface area (Å²) in [5.41, 5.74) is 0. The first-order chi connectivity index (χ1) is 9.68. The van der Waals surface area contributed by atoms with Crippen molar-refractivity contribution in [2.75, 3.05) is 6.54 Å². The van der Waals surface area contributed by atoms with Crippen LogP contribution < -0.4 is 10.0 Å². The summed E-state index contributed by atoms with van der Waals surface area (Å²) in [4.78, 5) is -0.123. The first-order valence-corrected chi connectivity index (χ1v) is 7.75. The minimum absolute atomic E-state index is 0.0810. The predicted octanol–water partition coefficient (Wildman–Crippen LogP) is 1.79. The number of hydrogen-bond acceptors (Lipinski definition) is 3. The molecule has 1 aliphatic rings. The molecule has 9 heteroatoms. The van der Waals surface area contributed by atoms with E-state index in [1.54, 1.807) is 0 Å². The van der Waals surface area contributed by atoms with Gasteiger partial charge in [-0.3, -0.25) is 0 Å². The van der Waals surface area contributed by atoms with Crippen molar-refractivity contribution >= 4 is 10.0 Å². The monoisotopic (exact) mass is 326 g/mol. The normalized spacial score (nSPS) is 24.0. The molecule has 1 aromatic carbocycles. The van der Waals surface area contributed by atoms with Gasteiger partial charge in [0, 0.05) is 12.6 Å². The number of rotatable bonds is 3. The Hall–Kier alpha value is -1.19. The van der Waals surface area contributed by atoms with Gasteiger partial charge in [-0.2, -0.15) is 13.2 Å². The molecule has 2 N–H and O–H groups in total. The van der Waals surface area contributed by atoms with E-state index in [4.69, 9.17) is 0 Å². The van der Waals surface area contributed by atoms with E-state index in [2.05, 4.69) is 10.0 Å². The van der Waals surface area contributed by atoms with Gasteiger partial charge in [-0.05, 0) is 37.1 Å². The molecule has 1 saturated heterocycles. The quantitative estimate of drug-likeness (QED) is 0.833. The maximum absolute atomic E-state index is 12.8. The maximum atomic E-state index is 12.8. The molecule has 0 radical (unpaired) electrons. The molecular weight excluding hydrogens is 312 g/mol. The second-order valence-electron chi connectivity index (χ2n) is 4.85. The van der Waals surface area contributed by atoms with Crippen molar-refractivity contribution in [3.05, 3.63) is 30.1 Å². The van der Waals surface area contributed by atoms with Crippen LogP contribution in [0.15, 0.2) is 29.2 Å². The number of halogens is 4. The summed E-state index contributed by atoms with van der Waals surface area (Å²) in [6, 6.07) is 1.99. The summed E-state index contributed by atoms with van der Waals surface area (Å²) in [6.45, 7) is -0.107. The number of alkyl halides is 3. The molecule has 0 amide bonds. The lowest BCUT2D eigenvalue weighted by atomic mass is 10.0. The smallest absolute Gasteiger partial charge is 0.305 e. The molecule has 2 atom stereocenters. The van der Waals surface area contributed by atoms with Crippen LogP contribution in [-0.4, -0.2) is 33.2 Å². The van der Waals surface area contributed by atoms with E-state index in [1.165, 1.54) is 0 Å². The second-order valence-corrected chi connectivity index (χ2v) is 6.57. The van der Waals surface area contributed by atoms with Crippen LogP contribution in [0.4, 0.5) is 17.6 Å². The fourth-order valence-corrected chi connectivity index (χ4v) is 3.41. The topological polar surface area (TPSA) is 58.2 Å². The van der Waals surface area contributed by atoms with Crippen molar-refractivity contribution in [1.29, 1.82) is 0 Å². The molecule has 4 nitrogen and oxygen atoms in total. The third-order valence-corrected chi connectivity index (χ3v) is 4.79. The number of piperidine rings is 1. The number of nitrogens with one attached hydrogen (secondary N) is 2. The largest absolute Gasteiger partial charge is 0.403 e. The standard InChI is InChI=1S/C12H14F4N2O2S/c13-8-1-4-10(5-2-8)21(19,20)18-9-3-6-11(17-7-9)12(14,15)16/h1-2,4-5,9,11,17-18H,3,6-7H2. The lowest BCUT2D eigenvalue weighted by Gasteiger charge is -2.31. The lowest BCUT2D eigenvalue weighted by molar-refractivity contribution is -0.160. The second kappa shape index (κ2) is 5.90. The van der Waals surface area contributed by atoms with Crippen LogP contribution >= 0.6 is 0 Å². The molecule has 1 heterocycles. The van der Waals surface area contributed by atoms with Gasteiger partial charge in [0.25, 0.3) is 0 Å². The first kappa shape index (κ1) is 16.2. The highest BCUT2D eigenvalue weighted by Gasteiger charge is 2.41. The molecule has 118 valence electrons. The third kappa shape index (κ3) is 4.14. The Balaban J connectivity index is 1.98. The van der Waals surface area contributed by atoms with Gasteiger partial charge in [0.1, 0.15) is 11.9 Å². The summed E-state index contributed by atoms with van der Waals surface area (Å²) >= 11 is 0. The van der Waals surface area contributed by atoms with E-state index in [1.807, 2.05) is 0 Å². The fourth-order valence-electron chi connectivity index (χ4n) is 2.14. The highest BCUT2D eigenvalue weighted by atomic mass is 32.2. The Labute approximate surface area is 119 Å². The molecule has 21 heavy (non-hydrogen) atoms. The summed E-state index contributed by atoms with van der Waals surface area (Å²) < 4.78 is 76.5. The molecule has 2 unspecified atom stereocenters. The van der Waals surface area contributed by atoms with Crippen LogP contribution in [0.25, 0.3) is 0 Å². The molecule has 1 aliphatic heterocycles. The van der Waals surface area contributed by atoms with E-state index in [9.17, 15) is 26.0 Å². The van der Waals surface area contributed by atoms with E-state index in [0.29, 0.717) is 0 Å². The Morgan fingerprint density at radius 1 is 1.14 bits per heavy atom. The molecule has 1 fully saturated rings. The fraction of sp³-hybridized carbons (Fsp3) is 0.500. The van der Waals surface area contributed by atoms with Gasteiger partial charge in [-0.1, -0.05) is 0 Å². The Morgan fingerprint density at radius 2 is 1.76 bits per heavy atom. The Bertz CT molecular complexity index is 578. The molecule has 2 rings (SSSR count). The molecule has 1 aromatic rings. The highest BCUT2D eigenvalue weighted by molar-refractivity contribution is 7.89. The summed E-state index contributed by atoms with van der Waals surface area (Å²) in [7, 11) is -3.87. The van der Waals surface area contributed by atoms with Crippen LogP contribution in [0.3, 0.4) is 0 Å². The SMILES string of the molecule is O=S(=O)(NC1CCC(C(F)(F)F)NC1)c1ccc(F)cc1. The van der Waals surface area contributed by atoms with E-state index >= 15 is 0 Å². The Morgan fingerprint density at radius 3 is 2.24 bits per heavy atom. The molecule has 0 aliphatic carbocycles. The zero-order valence-corrected chi connectivity index (χ0v) is 11.6. The van der Waals surface area contributed by atoms with Crippen molar-refractivity contribution in [2.24, 2.45) is 0 Å². The Kier molecular flexibility index (Phi) is 4.54. The summed E-state index contributed by atoms with van der Waals surface area (Å²) in [6.07, 6.45) is -4.45. The van der Waals surface area contributed by atoms with Crippen LogP contribution in [-0.2, 0) is 10.0 Å². The minimum atomic E-state index is -4.33. The maximum Gasteiger partial charge on any atom is 0.403 e.